The van der Waals surface area contributed by atoms with Crippen LogP contribution in [-0.4, -0.2) is 44.1 Å². The number of benzene rings is 1. The van der Waals surface area contributed by atoms with Crippen LogP contribution in [0.25, 0.3) is 0 Å². The average Bonchev–Trinajstić information content (AvgIpc) is 3.01. The lowest BCUT2D eigenvalue weighted by Gasteiger charge is -2.12. The fourth-order valence-electron chi connectivity index (χ4n) is 2.05. The first kappa shape index (κ1) is 20.5. The first-order valence-corrected chi connectivity index (χ1v) is 9.10. The maximum absolute atomic E-state index is 11.8. The van der Waals surface area contributed by atoms with E-state index >= 15 is 0 Å². The van der Waals surface area contributed by atoms with E-state index in [1.807, 2.05) is 12.1 Å². The van der Waals surface area contributed by atoms with Crippen molar-refractivity contribution in [2.24, 2.45) is 10.2 Å². The van der Waals surface area contributed by atoms with Crippen LogP contribution < -0.4 is 14.8 Å². The molecule has 0 unspecified atom stereocenters. The highest BCUT2D eigenvalue weighted by Crippen LogP contribution is 2.30. The van der Waals surface area contributed by atoms with Crippen LogP contribution >= 0.6 is 11.8 Å². The van der Waals surface area contributed by atoms with Gasteiger partial charge in [0.25, 0.3) is 5.91 Å². The number of rotatable bonds is 8. The van der Waals surface area contributed by atoms with E-state index in [0.29, 0.717) is 23.7 Å². The van der Waals surface area contributed by atoms with Gasteiger partial charge in [0.1, 0.15) is 0 Å². The van der Waals surface area contributed by atoms with E-state index in [1.54, 1.807) is 13.2 Å². The summed E-state index contributed by atoms with van der Waals surface area (Å²) < 4.78 is 15.7. The number of nitrogens with zero attached hydrogens (tertiary/aromatic N) is 2. The van der Waals surface area contributed by atoms with Crippen LogP contribution in [-0.2, 0) is 14.3 Å². The van der Waals surface area contributed by atoms with E-state index in [-0.39, 0.29) is 10.1 Å². The summed E-state index contributed by atoms with van der Waals surface area (Å²) in [6, 6.07) is 5.46. The molecule has 0 radical (unpaired) electrons. The maximum Gasteiger partial charge on any atom is 0.331 e. The molecule has 0 atom stereocenters. The predicted molar refractivity (Wildman–Crippen MR) is 104 cm³/mol. The quantitative estimate of drug-likeness (QED) is 0.240. The van der Waals surface area contributed by atoms with Crippen molar-refractivity contribution in [2.45, 2.75) is 19.8 Å². The first-order chi connectivity index (χ1) is 13.1. The Kier molecular flexibility index (Phi) is 7.87. The molecule has 1 aromatic carbocycles. The molecule has 0 aromatic heterocycles. The summed E-state index contributed by atoms with van der Waals surface area (Å²) in [6.07, 6.45) is 4.57. The lowest BCUT2D eigenvalue weighted by Crippen LogP contribution is -2.19. The van der Waals surface area contributed by atoms with Crippen LogP contribution in [0.4, 0.5) is 0 Å². The molecule has 1 fully saturated rings. The van der Waals surface area contributed by atoms with E-state index in [9.17, 15) is 9.59 Å². The van der Waals surface area contributed by atoms with Crippen molar-refractivity contribution in [3.8, 4) is 11.5 Å². The van der Waals surface area contributed by atoms with E-state index in [1.165, 1.54) is 13.3 Å². The summed E-state index contributed by atoms with van der Waals surface area (Å²) in [5.74, 6) is 0.160. The molecule has 27 heavy (non-hydrogen) atoms. The minimum atomic E-state index is -0.609. The number of thioether (sulfide) groups is 1. The van der Waals surface area contributed by atoms with Crippen molar-refractivity contribution in [1.29, 1.82) is 0 Å². The van der Waals surface area contributed by atoms with Gasteiger partial charge in [-0.3, -0.25) is 10.1 Å². The van der Waals surface area contributed by atoms with Gasteiger partial charge in [0, 0.05) is 11.6 Å². The SMILES string of the molecule is CCCCOc1c(C=N/N=C2/NC(=O)/C(=C\C(=O)OC)S2)cccc1OC. The van der Waals surface area contributed by atoms with E-state index < -0.39 is 11.9 Å². The molecule has 8 nitrogen and oxygen atoms in total. The van der Waals surface area contributed by atoms with E-state index in [0.717, 1.165) is 30.7 Å². The molecule has 1 aliphatic heterocycles. The van der Waals surface area contributed by atoms with Gasteiger partial charge in [-0.2, -0.15) is 5.10 Å². The number of hydrogen-bond donors (Lipinski definition) is 1. The summed E-state index contributed by atoms with van der Waals surface area (Å²) in [5, 5.41) is 10.8. The van der Waals surface area contributed by atoms with Gasteiger partial charge in [0.15, 0.2) is 16.7 Å². The maximum atomic E-state index is 11.8. The molecule has 1 amide bonds. The molecule has 1 aliphatic rings. The van der Waals surface area contributed by atoms with E-state index in [2.05, 4.69) is 27.2 Å². The Morgan fingerprint density at radius 3 is 2.85 bits per heavy atom. The fourth-order valence-corrected chi connectivity index (χ4v) is 2.79. The fraction of sp³-hybridized carbons (Fsp3) is 0.333. The number of hydrogen-bond acceptors (Lipinski definition) is 8. The molecule has 1 aromatic rings. The molecule has 0 spiro atoms. The van der Waals surface area contributed by atoms with Crippen molar-refractivity contribution >= 4 is 35.0 Å². The van der Waals surface area contributed by atoms with Crippen LogP contribution in [0.15, 0.2) is 39.4 Å². The monoisotopic (exact) mass is 391 g/mol. The summed E-state index contributed by atoms with van der Waals surface area (Å²) in [7, 11) is 2.81. The van der Waals surface area contributed by atoms with Crippen LogP contribution in [0, 0.1) is 0 Å². The third kappa shape index (κ3) is 5.85. The molecule has 0 saturated carbocycles. The van der Waals surface area contributed by atoms with Crippen LogP contribution in [0.1, 0.15) is 25.3 Å². The number of esters is 1. The third-order valence-electron chi connectivity index (χ3n) is 3.42. The highest BCUT2D eigenvalue weighted by molar-refractivity contribution is 8.18. The third-order valence-corrected chi connectivity index (χ3v) is 4.32. The number of carbonyl (C=O) groups excluding carboxylic acids is 2. The first-order valence-electron chi connectivity index (χ1n) is 8.28. The Morgan fingerprint density at radius 2 is 2.15 bits per heavy atom. The number of amides is 1. The Balaban J connectivity index is 2.14. The smallest absolute Gasteiger partial charge is 0.331 e. The molecule has 9 heteroatoms. The summed E-state index contributed by atoms with van der Waals surface area (Å²) >= 11 is 1.01. The molecule has 0 aliphatic carbocycles. The summed E-state index contributed by atoms with van der Waals surface area (Å²) in [5.41, 5.74) is 0.703. The number of nitrogens with one attached hydrogen (secondary N) is 1. The van der Waals surface area contributed by atoms with Crippen molar-refractivity contribution < 1.29 is 23.8 Å². The molecular weight excluding hydrogens is 370 g/mol. The lowest BCUT2D eigenvalue weighted by molar-refractivity contribution is -0.135. The van der Waals surface area contributed by atoms with Gasteiger partial charge < -0.3 is 14.2 Å². The van der Waals surface area contributed by atoms with Crippen molar-refractivity contribution in [1.82, 2.24) is 5.32 Å². The molecule has 144 valence electrons. The number of amidine groups is 1. The predicted octanol–water partition coefficient (Wildman–Crippen LogP) is 2.48. The minimum absolute atomic E-state index is 0.195. The largest absolute Gasteiger partial charge is 0.493 e. The number of methoxy groups -OCH3 is 2. The number of para-hydroxylation sites is 1. The Bertz CT molecular complexity index is 789. The molecule has 1 saturated heterocycles. The minimum Gasteiger partial charge on any atom is -0.493 e. The Hall–Kier alpha value is -2.81. The van der Waals surface area contributed by atoms with Gasteiger partial charge in [-0.05, 0) is 30.3 Å². The average molecular weight is 391 g/mol. The normalized spacial score (nSPS) is 16.8. The summed E-state index contributed by atoms with van der Waals surface area (Å²) in [6.45, 7) is 2.65. The van der Waals surface area contributed by atoms with Crippen LogP contribution in [0.3, 0.4) is 0 Å². The van der Waals surface area contributed by atoms with Gasteiger partial charge in [-0.25, -0.2) is 4.79 Å². The highest BCUT2D eigenvalue weighted by Gasteiger charge is 2.25. The highest BCUT2D eigenvalue weighted by atomic mass is 32.2. The number of carbonyl (C=O) groups is 2. The van der Waals surface area contributed by atoms with Gasteiger partial charge in [0.05, 0.1) is 31.9 Å². The van der Waals surface area contributed by atoms with Crippen LogP contribution in [0.2, 0.25) is 0 Å². The Labute approximate surface area is 161 Å². The molecule has 1 heterocycles. The van der Waals surface area contributed by atoms with Crippen LogP contribution in [0.5, 0.6) is 11.5 Å². The zero-order chi connectivity index (χ0) is 19.6. The standard InChI is InChI=1S/C18H21N3O5S/c1-4-5-9-26-16-12(7-6-8-13(16)24-2)11-19-21-18-20-17(23)14(27-18)10-15(22)25-3/h6-8,10-11H,4-5,9H2,1-3H3,(H,20,21,23)/b14-10+,19-11?. The zero-order valence-electron chi connectivity index (χ0n) is 15.4. The van der Waals surface area contributed by atoms with Gasteiger partial charge in [-0.15, -0.1) is 5.10 Å². The summed E-state index contributed by atoms with van der Waals surface area (Å²) in [4.78, 5) is 23.2. The van der Waals surface area contributed by atoms with Gasteiger partial charge in [0.2, 0.25) is 0 Å². The molecular formula is C18H21N3O5S. The second-order valence-corrected chi connectivity index (χ2v) is 6.35. The molecule has 1 N–H and O–H groups in total. The second-order valence-electron chi connectivity index (χ2n) is 5.32. The zero-order valence-corrected chi connectivity index (χ0v) is 16.2. The van der Waals surface area contributed by atoms with Crippen molar-refractivity contribution in [3.63, 3.8) is 0 Å². The van der Waals surface area contributed by atoms with E-state index in [4.69, 9.17) is 9.47 Å². The number of unbranched alkanes of at least 4 members (excludes halogenated alkanes) is 1. The topological polar surface area (TPSA) is 98.6 Å². The lowest BCUT2D eigenvalue weighted by atomic mass is 10.2. The Morgan fingerprint density at radius 1 is 1.33 bits per heavy atom. The van der Waals surface area contributed by atoms with Gasteiger partial charge in [-0.1, -0.05) is 19.4 Å². The van der Waals surface area contributed by atoms with Crippen molar-refractivity contribution in [2.75, 3.05) is 20.8 Å². The second kappa shape index (κ2) is 10.4. The number of ether oxygens (including phenoxy) is 3. The van der Waals surface area contributed by atoms with Crippen molar-refractivity contribution in [3.05, 3.63) is 34.7 Å². The molecule has 0 bridgehead atoms. The van der Waals surface area contributed by atoms with Gasteiger partial charge >= 0.3 is 5.97 Å². The molecule has 2 rings (SSSR count).